The molecule has 1 aromatic heterocycles. The van der Waals surface area contributed by atoms with Crippen LogP contribution in [0.1, 0.15) is 6.92 Å². The molecule has 0 aliphatic rings. The number of hydroxylamine groups is 1. The minimum Gasteiger partial charge on any atom is -0.504 e. The van der Waals surface area contributed by atoms with Crippen molar-refractivity contribution in [3.63, 3.8) is 0 Å². The molecule has 6 nitrogen and oxygen atoms in total. The van der Waals surface area contributed by atoms with Gasteiger partial charge in [0.05, 0.1) is 10.6 Å². The van der Waals surface area contributed by atoms with Gasteiger partial charge in [0.1, 0.15) is 0 Å². The maximum absolute atomic E-state index is 13.8. The van der Waals surface area contributed by atoms with Crippen molar-refractivity contribution in [2.45, 2.75) is 13.0 Å². The molecular formula is C16H14ClFN2O4. The Morgan fingerprint density at radius 1 is 1.50 bits per heavy atom. The fourth-order valence-corrected chi connectivity index (χ4v) is 2.11. The van der Waals surface area contributed by atoms with E-state index < -0.39 is 18.0 Å². The Balaban J connectivity index is 2.21. The number of pyridine rings is 1. The molecule has 0 radical (unpaired) electrons. The van der Waals surface area contributed by atoms with Crippen molar-refractivity contribution in [2.75, 3.05) is 0 Å². The zero-order valence-electron chi connectivity index (χ0n) is 12.6. The quantitative estimate of drug-likeness (QED) is 0.614. The first kappa shape index (κ1) is 17.6. The molecule has 1 atom stereocenters. The summed E-state index contributed by atoms with van der Waals surface area (Å²) in [4.78, 5) is 19.7. The van der Waals surface area contributed by atoms with E-state index in [4.69, 9.17) is 16.3 Å². The van der Waals surface area contributed by atoms with Crippen LogP contribution in [0.3, 0.4) is 0 Å². The first-order chi connectivity index (χ1) is 11.4. The van der Waals surface area contributed by atoms with Gasteiger partial charge in [-0.25, -0.2) is 15.3 Å². The second kappa shape index (κ2) is 7.65. The number of hydrogen-bond acceptors (Lipinski definition) is 6. The molecule has 0 fully saturated rings. The van der Waals surface area contributed by atoms with E-state index >= 15 is 0 Å². The third-order valence-electron chi connectivity index (χ3n) is 2.98. The van der Waals surface area contributed by atoms with Crippen molar-refractivity contribution in [1.82, 2.24) is 10.5 Å². The summed E-state index contributed by atoms with van der Waals surface area (Å²) < 4.78 is 19.1. The summed E-state index contributed by atoms with van der Waals surface area (Å²) in [5.41, 5.74) is 2.56. The van der Waals surface area contributed by atoms with Crippen molar-refractivity contribution in [3.8, 4) is 22.6 Å². The summed E-state index contributed by atoms with van der Waals surface area (Å²) in [6.45, 7) is 4.77. The number of carbonyl (C=O) groups is 1. The highest BCUT2D eigenvalue weighted by Gasteiger charge is 2.19. The molecule has 126 valence electrons. The fourth-order valence-electron chi connectivity index (χ4n) is 1.87. The van der Waals surface area contributed by atoms with E-state index in [2.05, 4.69) is 21.9 Å². The highest BCUT2D eigenvalue weighted by molar-refractivity contribution is 6.33. The van der Waals surface area contributed by atoms with Crippen molar-refractivity contribution in [1.29, 1.82) is 0 Å². The van der Waals surface area contributed by atoms with Crippen LogP contribution in [0, 0.1) is 5.95 Å². The molecule has 2 aromatic rings. The average molecular weight is 353 g/mol. The monoisotopic (exact) mass is 352 g/mol. The van der Waals surface area contributed by atoms with Gasteiger partial charge in [0, 0.05) is 12.4 Å². The van der Waals surface area contributed by atoms with Gasteiger partial charge >= 0.3 is 5.97 Å². The summed E-state index contributed by atoms with van der Waals surface area (Å²) in [7, 11) is 0. The molecule has 0 saturated carbocycles. The number of carbonyl (C=O) groups excluding carboxylic acids is 1. The zero-order valence-corrected chi connectivity index (χ0v) is 13.4. The third-order valence-corrected chi connectivity index (χ3v) is 3.29. The standard InChI is InChI=1S/C16H14ClFN2O4/c1-3-20-24-16(22)9(2)23-13-5-4-10(8-12(13)21)14-11(17)6-7-19-15(14)18/h3-9,20-21H,1H2,2H3. The van der Waals surface area contributed by atoms with Gasteiger partial charge in [-0.2, -0.15) is 4.39 Å². The van der Waals surface area contributed by atoms with Crippen LogP contribution in [0.25, 0.3) is 11.1 Å². The molecule has 0 amide bonds. The number of benzene rings is 1. The van der Waals surface area contributed by atoms with Gasteiger partial charge < -0.3 is 14.7 Å². The van der Waals surface area contributed by atoms with E-state index in [1.165, 1.54) is 43.6 Å². The average Bonchev–Trinajstić information content (AvgIpc) is 2.54. The van der Waals surface area contributed by atoms with Crippen LogP contribution in [0.2, 0.25) is 5.02 Å². The van der Waals surface area contributed by atoms with Gasteiger partial charge in [-0.15, -0.1) is 0 Å². The molecule has 0 saturated heterocycles. The van der Waals surface area contributed by atoms with Crippen LogP contribution in [-0.2, 0) is 9.63 Å². The molecule has 8 heteroatoms. The Bertz CT molecular complexity index is 749. The molecule has 2 N–H and O–H groups in total. The maximum Gasteiger partial charge on any atom is 0.371 e. The Labute approximate surface area is 142 Å². The summed E-state index contributed by atoms with van der Waals surface area (Å²) in [5.74, 6) is -1.73. The Kier molecular flexibility index (Phi) is 5.59. The fraction of sp³-hybridized carbons (Fsp3) is 0.125. The molecule has 1 aromatic carbocycles. The number of ether oxygens (including phenoxy) is 1. The number of phenolic OH excluding ortho intramolecular Hbond substituents is 1. The van der Waals surface area contributed by atoms with Gasteiger partial charge in [-0.1, -0.05) is 24.2 Å². The van der Waals surface area contributed by atoms with E-state index in [-0.39, 0.29) is 22.1 Å². The van der Waals surface area contributed by atoms with Crippen molar-refractivity contribution < 1.29 is 23.9 Å². The minimum atomic E-state index is -0.993. The highest BCUT2D eigenvalue weighted by Crippen LogP contribution is 2.35. The highest BCUT2D eigenvalue weighted by atomic mass is 35.5. The van der Waals surface area contributed by atoms with Gasteiger partial charge in [0.25, 0.3) is 0 Å². The molecule has 0 aliphatic carbocycles. The van der Waals surface area contributed by atoms with Crippen molar-refractivity contribution in [3.05, 3.63) is 54.2 Å². The smallest absolute Gasteiger partial charge is 0.371 e. The van der Waals surface area contributed by atoms with Crippen LogP contribution < -0.4 is 10.2 Å². The van der Waals surface area contributed by atoms with Crippen LogP contribution in [-0.4, -0.2) is 22.2 Å². The molecule has 1 unspecified atom stereocenters. The van der Waals surface area contributed by atoms with Crippen LogP contribution in [0.5, 0.6) is 11.5 Å². The molecule has 24 heavy (non-hydrogen) atoms. The van der Waals surface area contributed by atoms with Gasteiger partial charge in [0.15, 0.2) is 17.6 Å². The lowest BCUT2D eigenvalue weighted by molar-refractivity contribution is -0.156. The molecule has 0 aliphatic heterocycles. The van der Waals surface area contributed by atoms with Crippen molar-refractivity contribution >= 4 is 17.6 Å². The number of aromatic nitrogens is 1. The first-order valence-corrected chi connectivity index (χ1v) is 7.19. The maximum atomic E-state index is 13.8. The van der Waals surface area contributed by atoms with Crippen LogP contribution >= 0.6 is 11.6 Å². The number of halogens is 2. The summed E-state index contributed by atoms with van der Waals surface area (Å²) >= 11 is 5.96. The first-order valence-electron chi connectivity index (χ1n) is 6.81. The van der Waals surface area contributed by atoms with Gasteiger partial charge in [0.2, 0.25) is 5.95 Å². The largest absolute Gasteiger partial charge is 0.504 e. The third kappa shape index (κ3) is 3.94. The number of nitrogens with one attached hydrogen (secondary N) is 1. The van der Waals surface area contributed by atoms with Crippen LogP contribution in [0.4, 0.5) is 4.39 Å². The number of hydrogen-bond donors (Lipinski definition) is 2. The molecule has 1 heterocycles. The van der Waals surface area contributed by atoms with E-state index in [1.54, 1.807) is 0 Å². The SMILES string of the molecule is C=CNOC(=O)C(C)Oc1ccc(-c2c(Cl)ccnc2F)cc1O. The summed E-state index contributed by atoms with van der Waals surface area (Å²) in [6, 6.07) is 5.58. The van der Waals surface area contributed by atoms with Gasteiger partial charge in [-0.05, 0) is 30.7 Å². The predicted molar refractivity (Wildman–Crippen MR) is 85.8 cm³/mol. The number of rotatable bonds is 6. The molecule has 0 bridgehead atoms. The second-order valence-corrected chi connectivity index (χ2v) is 5.05. The molecule has 2 rings (SSSR count). The van der Waals surface area contributed by atoms with E-state index in [9.17, 15) is 14.3 Å². The minimum absolute atomic E-state index is 0.0298. The Hall–Kier alpha value is -2.80. The molecular weight excluding hydrogens is 339 g/mol. The zero-order chi connectivity index (χ0) is 17.7. The normalized spacial score (nSPS) is 11.5. The lowest BCUT2D eigenvalue weighted by Crippen LogP contribution is -2.29. The van der Waals surface area contributed by atoms with Crippen molar-refractivity contribution in [2.24, 2.45) is 0 Å². The lowest BCUT2D eigenvalue weighted by Gasteiger charge is -2.15. The Morgan fingerprint density at radius 3 is 2.88 bits per heavy atom. The second-order valence-electron chi connectivity index (χ2n) is 4.64. The van der Waals surface area contributed by atoms with Crippen LogP contribution in [0.15, 0.2) is 43.2 Å². The van der Waals surface area contributed by atoms with E-state index in [0.717, 1.165) is 0 Å². The summed E-state index contributed by atoms with van der Waals surface area (Å²) in [6.07, 6.45) is 1.43. The number of nitrogens with zero attached hydrogens (tertiary/aromatic N) is 1. The molecule has 0 spiro atoms. The predicted octanol–water partition coefficient (Wildman–Crippen LogP) is 3.21. The van der Waals surface area contributed by atoms with Gasteiger partial charge in [-0.3, -0.25) is 0 Å². The number of phenols is 1. The number of aromatic hydroxyl groups is 1. The topological polar surface area (TPSA) is 80.7 Å². The van der Waals surface area contributed by atoms with E-state index in [0.29, 0.717) is 5.56 Å². The Morgan fingerprint density at radius 2 is 2.25 bits per heavy atom. The lowest BCUT2D eigenvalue weighted by atomic mass is 10.1. The van der Waals surface area contributed by atoms with E-state index in [1.807, 2.05) is 0 Å². The summed E-state index contributed by atoms with van der Waals surface area (Å²) in [5, 5.41) is 10.2.